The van der Waals surface area contributed by atoms with Gasteiger partial charge in [-0.3, -0.25) is 9.88 Å². The molecule has 2 aromatic carbocycles. The van der Waals surface area contributed by atoms with Crippen LogP contribution >= 0.6 is 0 Å². The number of fused-ring (bicyclic) bond motifs is 3. The normalized spacial score (nSPS) is 19.9. The van der Waals surface area contributed by atoms with Crippen LogP contribution in [0.5, 0.6) is 6.01 Å². The molecule has 0 saturated carbocycles. The molecule has 2 unspecified atom stereocenters. The molecule has 4 aromatic rings. The molecule has 3 fully saturated rings. The van der Waals surface area contributed by atoms with Crippen molar-refractivity contribution < 1.29 is 17.9 Å². The fourth-order valence-electron chi connectivity index (χ4n) is 5.94. The Morgan fingerprint density at radius 2 is 1.81 bits per heavy atom. The first-order valence-corrected chi connectivity index (χ1v) is 14.2. The number of ether oxygens (including phenoxy) is 1. The third-order valence-electron chi connectivity index (χ3n) is 7.81. The molecule has 0 radical (unpaired) electrons. The van der Waals surface area contributed by atoms with Crippen molar-refractivity contribution in [2.45, 2.75) is 38.4 Å². The number of nitrogens with one attached hydrogen (secondary N) is 1. The van der Waals surface area contributed by atoms with Gasteiger partial charge >= 0.3 is 6.01 Å². The van der Waals surface area contributed by atoms with E-state index in [4.69, 9.17) is 10.00 Å². The molecule has 2 atom stereocenters. The Morgan fingerprint density at radius 1 is 1.07 bits per heavy atom. The van der Waals surface area contributed by atoms with E-state index in [9.17, 15) is 8.78 Å². The number of hydrogen-bond donors (Lipinski definition) is 1. The zero-order valence-corrected chi connectivity index (χ0v) is 23.8. The Hall–Kier alpha value is -4.01. The molecule has 3 saturated heterocycles. The van der Waals surface area contributed by atoms with Crippen molar-refractivity contribution in [3.05, 3.63) is 54.2 Å². The maximum absolute atomic E-state index is 15.7. The summed E-state index contributed by atoms with van der Waals surface area (Å²) in [4.78, 5) is 17.4. The summed E-state index contributed by atoms with van der Waals surface area (Å²) < 4.78 is 48.1. The highest BCUT2D eigenvalue weighted by Crippen LogP contribution is 2.35. The van der Waals surface area contributed by atoms with E-state index in [-0.39, 0.29) is 17.2 Å². The van der Waals surface area contributed by atoms with E-state index in [0.717, 1.165) is 39.1 Å². The summed E-state index contributed by atoms with van der Waals surface area (Å²) in [6.07, 6.45) is 4.37. The Labute approximate surface area is 243 Å². The standard InChI is InChI=1S/C22H19F2N5O.C7H12FN.C2H3N/c1-30-22-27-20-15(21(28-22)29-10-8-25-9-11-29)12-26-19(18(20)24)14-6-2-4-13-5-3-7-16(23)17(13)14;8-6-4-7-2-1-3-9(7)5-6;1-2-3/h2-7,12,25H,8-11H2,1H3;6-7H,1-5H2;1H3. The number of nitrogens with zero attached hydrogens (tertiary/aromatic N) is 6. The van der Waals surface area contributed by atoms with Gasteiger partial charge in [-0.1, -0.05) is 30.3 Å². The Bertz CT molecular complexity index is 1570. The first kappa shape index (κ1) is 29.5. The molecule has 42 heavy (non-hydrogen) atoms. The molecule has 0 spiro atoms. The van der Waals surface area contributed by atoms with E-state index >= 15 is 4.39 Å². The van der Waals surface area contributed by atoms with Gasteiger partial charge in [-0.2, -0.15) is 15.2 Å². The van der Waals surface area contributed by atoms with Gasteiger partial charge in [-0.25, -0.2) is 13.2 Å². The molecule has 0 bridgehead atoms. The van der Waals surface area contributed by atoms with Crippen molar-refractivity contribution in [2.75, 3.05) is 51.3 Å². The quantitative estimate of drug-likeness (QED) is 0.353. The van der Waals surface area contributed by atoms with Gasteiger partial charge in [0.1, 0.15) is 29.0 Å². The van der Waals surface area contributed by atoms with Gasteiger partial charge in [0.15, 0.2) is 5.82 Å². The maximum Gasteiger partial charge on any atom is 0.318 e. The number of nitriles is 1. The summed E-state index contributed by atoms with van der Waals surface area (Å²) in [5, 5.41) is 12.1. The van der Waals surface area contributed by atoms with E-state index < -0.39 is 17.8 Å². The minimum absolute atomic E-state index is 0.0465. The third kappa shape index (κ3) is 6.10. The van der Waals surface area contributed by atoms with Gasteiger partial charge < -0.3 is 15.0 Å². The molecule has 11 heteroatoms. The predicted molar refractivity (Wildman–Crippen MR) is 157 cm³/mol. The molecular formula is C31H34F3N7O. The topological polar surface area (TPSA) is 90.2 Å². The monoisotopic (exact) mass is 577 g/mol. The van der Waals surface area contributed by atoms with E-state index in [1.165, 1.54) is 32.9 Å². The number of piperazine rings is 1. The second-order valence-electron chi connectivity index (χ2n) is 10.4. The Balaban J connectivity index is 0.000000244. The molecule has 8 nitrogen and oxygen atoms in total. The number of methoxy groups -OCH3 is 1. The smallest absolute Gasteiger partial charge is 0.318 e. The van der Waals surface area contributed by atoms with Crippen LogP contribution in [0.2, 0.25) is 0 Å². The van der Waals surface area contributed by atoms with E-state index in [1.807, 2.05) is 0 Å². The summed E-state index contributed by atoms with van der Waals surface area (Å²) in [7, 11) is 1.45. The van der Waals surface area contributed by atoms with Crippen LogP contribution in [0.15, 0.2) is 42.6 Å². The van der Waals surface area contributed by atoms with Crippen LogP contribution in [0.1, 0.15) is 26.2 Å². The highest BCUT2D eigenvalue weighted by molar-refractivity contribution is 5.99. The zero-order chi connectivity index (χ0) is 29.6. The molecule has 3 aliphatic heterocycles. The van der Waals surface area contributed by atoms with Crippen molar-refractivity contribution in [1.29, 1.82) is 5.26 Å². The average Bonchev–Trinajstić information content (AvgIpc) is 3.59. The Morgan fingerprint density at radius 3 is 2.52 bits per heavy atom. The van der Waals surface area contributed by atoms with Crippen LogP contribution in [0.3, 0.4) is 0 Å². The van der Waals surface area contributed by atoms with Gasteiger partial charge in [0, 0.05) is 62.8 Å². The molecule has 3 aliphatic rings. The minimum atomic E-state index is -0.625. The van der Waals surface area contributed by atoms with Gasteiger partial charge in [-0.15, -0.1) is 0 Å². The van der Waals surface area contributed by atoms with Gasteiger partial charge in [0.05, 0.1) is 18.6 Å². The van der Waals surface area contributed by atoms with E-state index in [2.05, 4.69) is 30.1 Å². The van der Waals surface area contributed by atoms with Gasteiger partial charge in [0.2, 0.25) is 0 Å². The lowest BCUT2D eigenvalue weighted by Crippen LogP contribution is -2.44. The van der Waals surface area contributed by atoms with Gasteiger partial charge in [-0.05, 0) is 37.3 Å². The molecule has 1 N–H and O–H groups in total. The molecule has 5 heterocycles. The number of anilines is 1. The van der Waals surface area contributed by atoms with Crippen LogP contribution in [0.4, 0.5) is 19.0 Å². The minimum Gasteiger partial charge on any atom is -0.467 e. The second kappa shape index (κ2) is 13.3. The van der Waals surface area contributed by atoms with Crippen LogP contribution in [0.25, 0.3) is 32.9 Å². The number of pyridine rings is 1. The van der Waals surface area contributed by atoms with Crippen molar-refractivity contribution in [3.8, 4) is 23.3 Å². The van der Waals surface area contributed by atoms with E-state index in [0.29, 0.717) is 40.1 Å². The molecule has 0 aliphatic carbocycles. The summed E-state index contributed by atoms with van der Waals surface area (Å²) in [6, 6.07) is 12.4. The fourth-order valence-corrected chi connectivity index (χ4v) is 5.94. The molecule has 0 amide bonds. The predicted octanol–water partition coefficient (Wildman–Crippen LogP) is 5.26. The number of aromatic nitrogens is 3. The summed E-state index contributed by atoms with van der Waals surface area (Å²) in [5.74, 6) is -0.466. The summed E-state index contributed by atoms with van der Waals surface area (Å²) in [6.45, 7) is 6.35. The number of halogens is 3. The first-order chi connectivity index (χ1) is 20.4. The van der Waals surface area contributed by atoms with Crippen molar-refractivity contribution >= 4 is 27.5 Å². The highest BCUT2D eigenvalue weighted by Gasteiger charge is 2.34. The van der Waals surface area contributed by atoms with Crippen LogP contribution < -0.4 is 15.0 Å². The average molecular weight is 578 g/mol. The van der Waals surface area contributed by atoms with Crippen molar-refractivity contribution in [2.24, 2.45) is 0 Å². The van der Waals surface area contributed by atoms with Crippen LogP contribution in [0, 0.1) is 23.0 Å². The number of alkyl halides is 1. The second-order valence-corrected chi connectivity index (χ2v) is 10.4. The summed E-state index contributed by atoms with van der Waals surface area (Å²) >= 11 is 0. The zero-order valence-electron chi connectivity index (χ0n) is 23.8. The number of benzene rings is 2. The van der Waals surface area contributed by atoms with E-state index in [1.54, 1.807) is 42.6 Å². The lowest BCUT2D eigenvalue weighted by atomic mass is 10.0. The molecular weight excluding hydrogens is 543 g/mol. The lowest BCUT2D eigenvalue weighted by molar-refractivity contribution is 0.292. The maximum atomic E-state index is 15.7. The molecule has 7 rings (SSSR count). The SMILES string of the molecule is CC#N.COc1nc(N2CCNCC2)c2cnc(-c3cccc4cccc(F)c34)c(F)c2n1.FC1CC2CCCN2C1. The number of rotatable bonds is 3. The van der Waals surface area contributed by atoms with Gasteiger partial charge in [0.25, 0.3) is 0 Å². The largest absolute Gasteiger partial charge is 0.467 e. The summed E-state index contributed by atoms with van der Waals surface area (Å²) in [5.41, 5.74) is 0.533. The van der Waals surface area contributed by atoms with Crippen LogP contribution in [-0.4, -0.2) is 78.4 Å². The first-order valence-electron chi connectivity index (χ1n) is 14.2. The number of hydrogen-bond acceptors (Lipinski definition) is 8. The Kier molecular flexibility index (Phi) is 9.35. The van der Waals surface area contributed by atoms with Crippen LogP contribution in [-0.2, 0) is 0 Å². The van der Waals surface area contributed by atoms with Crippen molar-refractivity contribution in [3.63, 3.8) is 0 Å². The highest BCUT2D eigenvalue weighted by atomic mass is 19.1. The third-order valence-corrected chi connectivity index (χ3v) is 7.81. The van der Waals surface area contributed by atoms with Crippen molar-refractivity contribution in [1.82, 2.24) is 25.2 Å². The molecule has 2 aromatic heterocycles. The molecule has 220 valence electrons. The fraction of sp³-hybridized carbons (Fsp3) is 0.419. The lowest BCUT2D eigenvalue weighted by Gasteiger charge is -2.29.